The molecule has 0 atom stereocenters. The maximum absolute atomic E-state index is 12.4. The number of carbonyl (C=O) groups excluding carboxylic acids is 2. The van der Waals surface area contributed by atoms with Gasteiger partial charge >= 0.3 is 0 Å². The predicted octanol–water partition coefficient (Wildman–Crippen LogP) is 1.26. The normalized spacial score (nSPS) is 15.0. The summed E-state index contributed by atoms with van der Waals surface area (Å²) in [5, 5.41) is 8.17. The van der Waals surface area contributed by atoms with E-state index in [-0.39, 0.29) is 22.9 Å². The number of aromatic nitrogens is 2. The summed E-state index contributed by atoms with van der Waals surface area (Å²) in [4.78, 5) is 29.3. The Labute approximate surface area is 157 Å². The number of nitrogens with zero attached hydrogens (tertiary/aromatic N) is 3. The molecule has 3 aromatic rings. The van der Waals surface area contributed by atoms with E-state index in [1.54, 1.807) is 6.07 Å². The van der Waals surface area contributed by atoms with Crippen LogP contribution in [0.3, 0.4) is 0 Å². The predicted molar refractivity (Wildman–Crippen MR) is 94.1 cm³/mol. The van der Waals surface area contributed by atoms with Crippen molar-refractivity contribution in [2.24, 2.45) is 0 Å². The molecule has 1 N–H and O–H groups in total. The Bertz CT molecular complexity index is 1120. The molecule has 1 aliphatic rings. The average Bonchev–Trinajstić information content (AvgIpc) is 3.37. The molecule has 1 aliphatic heterocycles. The molecule has 3 heterocycles. The third kappa shape index (κ3) is 3.11. The SMILES string of the molecule is O=C(CN1C(=O)c2ccccc2S1(=O)=O)NCc1nc(-c2cccs2)no1. The molecule has 0 saturated carbocycles. The van der Waals surface area contributed by atoms with Crippen LogP contribution in [0.4, 0.5) is 0 Å². The van der Waals surface area contributed by atoms with Crippen LogP contribution < -0.4 is 5.32 Å². The zero-order valence-corrected chi connectivity index (χ0v) is 15.3. The molecule has 27 heavy (non-hydrogen) atoms. The van der Waals surface area contributed by atoms with Crippen molar-refractivity contribution in [2.45, 2.75) is 11.4 Å². The highest BCUT2D eigenvalue weighted by Gasteiger charge is 2.41. The topological polar surface area (TPSA) is 122 Å². The number of hydrogen-bond acceptors (Lipinski definition) is 8. The van der Waals surface area contributed by atoms with Gasteiger partial charge in [0.05, 0.1) is 17.0 Å². The first-order chi connectivity index (χ1) is 13.0. The second-order valence-electron chi connectivity index (χ2n) is 5.58. The Morgan fingerprint density at radius 2 is 2.04 bits per heavy atom. The second-order valence-corrected chi connectivity index (χ2v) is 8.36. The van der Waals surface area contributed by atoms with Crippen molar-refractivity contribution in [1.29, 1.82) is 0 Å². The first kappa shape index (κ1) is 17.4. The molecule has 11 heteroatoms. The number of nitrogens with one attached hydrogen (secondary N) is 1. The summed E-state index contributed by atoms with van der Waals surface area (Å²) in [5.74, 6) is -0.804. The maximum Gasteiger partial charge on any atom is 0.269 e. The molecule has 9 nitrogen and oxygen atoms in total. The van der Waals surface area contributed by atoms with E-state index in [1.807, 2.05) is 17.5 Å². The van der Waals surface area contributed by atoms with Gasteiger partial charge < -0.3 is 9.84 Å². The standard InChI is InChI=1S/C16H12N4O5S2/c21-13(17-8-14-18-15(19-25-14)11-5-3-7-26-11)9-20-16(22)10-4-1-2-6-12(10)27(20,23)24/h1-7H,8-9H2,(H,17,21). The Morgan fingerprint density at radius 1 is 1.22 bits per heavy atom. The largest absolute Gasteiger partial charge is 0.345 e. The number of amides is 2. The molecule has 0 radical (unpaired) electrons. The van der Waals surface area contributed by atoms with Crippen molar-refractivity contribution in [3.63, 3.8) is 0 Å². The van der Waals surface area contributed by atoms with Crippen molar-refractivity contribution >= 4 is 33.2 Å². The number of benzene rings is 1. The summed E-state index contributed by atoms with van der Waals surface area (Å²) in [5.41, 5.74) is 0.0581. The Hall–Kier alpha value is -3.05. The van der Waals surface area contributed by atoms with Crippen molar-refractivity contribution < 1.29 is 22.5 Å². The summed E-state index contributed by atoms with van der Waals surface area (Å²) in [7, 11) is -4.03. The summed E-state index contributed by atoms with van der Waals surface area (Å²) in [6.45, 7) is -0.700. The first-order valence-electron chi connectivity index (χ1n) is 7.76. The number of sulfonamides is 1. The van der Waals surface area contributed by atoms with E-state index in [1.165, 1.54) is 29.5 Å². The number of rotatable bonds is 5. The van der Waals surface area contributed by atoms with Gasteiger partial charge in [0, 0.05) is 0 Å². The Balaban J connectivity index is 1.41. The lowest BCUT2D eigenvalue weighted by molar-refractivity contribution is -0.121. The highest BCUT2D eigenvalue weighted by Crippen LogP contribution is 2.29. The molecule has 1 aromatic carbocycles. The lowest BCUT2D eigenvalue weighted by Gasteiger charge is -2.14. The van der Waals surface area contributed by atoms with E-state index in [9.17, 15) is 18.0 Å². The quantitative estimate of drug-likeness (QED) is 0.679. The molecule has 2 aromatic heterocycles. The summed E-state index contributed by atoms with van der Waals surface area (Å²) < 4.78 is 30.5. The van der Waals surface area contributed by atoms with Gasteiger partial charge in [0.2, 0.25) is 17.6 Å². The highest BCUT2D eigenvalue weighted by molar-refractivity contribution is 7.90. The van der Waals surface area contributed by atoms with Crippen LogP contribution >= 0.6 is 11.3 Å². The van der Waals surface area contributed by atoms with Crippen LogP contribution in [0.15, 0.2) is 51.2 Å². The van der Waals surface area contributed by atoms with Gasteiger partial charge in [0.1, 0.15) is 11.4 Å². The van der Waals surface area contributed by atoms with Crippen LogP contribution in [-0.4, -0.2) is 41.2 Å². The third-order valence-electron chi connectivity index (χ3n) is 3.85. The average molecular weight is 404 g/mol. The minimum Gasteiger partial charge on any atom is -0.345 e. The number of hydrogen-bond donors (Lipinski definition) is 1. The van der Waals surface area contributed by atoms with Crippen LogP contribution in [0.25, 0.3) is 10.7 Å². The van der Waals surface area contributed by atoms with Gasteiger partial charge in [-0.15, -0.1) is 11.3 Å². The third-order valence-corrected chi connectivity index (χ3v) is 6.50. The van der Waals surface area contributed by atoms with Crippen LogP contribution in [0.1, 0.15) is 16.2 Å². The lowest BCUT2D eigenvalue weighted by atomic mass is 10.2. The molecule has 2 amide bonds. The van der Waals surface area contributed by atoms with E-state index in [0.29, 0.717) is 10.1 Å². The van der Waals surface area contributed by atoms with Gasteiger partial charge in [0.25, 0.3) is 15.9 Å². The minimum absolute atomic E-state index is 0.0581. The van der Waals surface area contributed by atoms with E-state index in [4.69, 9.17) is 4.52 Å². The number of carbonyl (C=O) groups is 2. The van der Waals surface area contributed by atoms with E-state index in [2.05, 4.69) is 15.5 Å². The van der Waals surface area contributed by atoms with Gasteiger partial charge in [-0.2, -0.15) is 4.98 Å². The number of fused-ring (bicyclic) bond motifs is 1. The fourth-order valence-corrected chi connectivity index (χ4v) is 4.75. The zero-order chi connectivity index (χ0) is 19.0. The van der Waals surface area contributed by atoms with Crippen molar-refractivity contribution in [3.8, 4) is 10.7 Å². The van der Waals surface area contributed by atoms with Crippen LogP contribution in [0.2, 0.25) is 0 Å². The molecule has 0 aliphatic carbocycles. The molecule has 0 bridgehead atoms. The van der Waals surface area contributed by atoms with Crippen LogP contribution in [0.5, 0.6) is 0 Å². The fraction of sp³-hybridized carbons (Fsp3) is 0.125. The minimum atomic E-state index is -4.03. The molecule has 0 fully saturated rings. The molecule has 0 unspecified atom stereocenters. The Morgan fingerprint density at radius 3 is 2.78 bits per heavy atom. The maximum atomic E-state index is 12.4. The van der Waals surface area contributed by atoms with E-state index < -0.39 is 28.4 Å². The van der Waals surface area contributed by atoms with Gasteiger partial charge in [-0.3, -0.25) is 9.59 Å². The second kappa shape index (κ2) is 6.59. The lowest BCUT2D eigenvalue weighted by Crippen LogP contribution is -2.40. The number of thiophene rings is 1. The summed E-state index contributed by atoms with van der Waals surface area (Å²) in [6.07, 6.45) is 0. The highest BCUT2D eigenvalue weighted by atomic mass is 32.2. The Kier molecular flexibility index (Phi) is 4.24. The van der Waals surface area contributed by atoms with Crippen molar-refractivity contribution in [2.75, 3.05) is 6.54 Å². The molecule has 0 spiro atoms. The van der Waals surface area contributed by atoms with Crippen molar-refractivity contribution in [3.05, 3.63) is 53.2 Å². The van der Waals surface area contributed by atoms with Gasteiger partial charge in [-0.05, 0) is 23.6 Å². The first-order valence-corrected chi connectivity index (χ1v) is 10.1. The molecule has 0 saturated heterocycles. The zero-order valence-electron chi connectivity index (χ0n) is 13.7. The van der Waals surface area contributed by atoms with E-state index >= 15 is 0 Å². The van der Waals surface area contributed by atoms with Crippen LogP contribution in [0, 0.1) is 0 Å². The summed E-state index contributed by atoms with van der Waals surface area (Å²) in [6, 6.07) is 9.52. The molecule has 138 valence electrons. The van der Waals surface area contributed by atoms with Gasteiger partial charge in [-0.25, -0.2) is 12.7 Å². The fourth-order valence-electron chi connectivity index (χ4n) is 2.58. The van der Waals surface area contributed by atoms with Crippen molar-refractivity contribution in [1.82, 2.24) is 19.8 Å². The monoisotopic (exact) mass is 404 g/mol. The summed E-state index contributed by atoms with van der Waals surface area (Å²) >= 11 is 1.45. The molecular weight excluding hydrogens is 392 g/mol. The van der Waals surface area contributed by atoms with Gasteiger partial charge in [0.15, 0.2) is 0 Å². The van der Waals surface area contributed by atoms with E-state index in [0.717, 1.165) is 4.88 Å². The van der Waals surface area contributed by atoms with Crippen LogP contribution in [-0.2, 0) is 21.4 Å². The smallest absolute Gasteiger partial charge is 0.269 e. The molecular formula is C16H12N4O5S2. The molecule has 4 rings (SSSR count). The van der Waals surface area contributed by atoms with Gasteiger partial charge in [-0.1, -0.05) is 23.4 Å².